The smallest absolute Gasteiger partial charge is 0.140 e. The molecule has 0 bridgehead atoms. The van der Waals surface area contributed by atoms with Crippen molar-refractivity contribution in [2.45, 2.75) is 44.9 Å². The number of hydrogen-bond acceptors (Lipinski definition) is 4. The third-order valence-electron chi connectivity index (χ3n) is 6.15. The van der Waals surface area contributed by atoms with Crippen LogP contribution in [0, 0.1) is 0 Å². The second-order valence-electron chi connectivity index (χ2n) is 8.41. The number of carbonyl (C=O) groups excluding carboxylic acids is 2. The van der Waals surface area contributed by atoms with Crippen LogP contribution in [0.15, 0.2) is 48.8 Å². The topological polar surface area (TPSA) is 84.2 Å². The molecule has 0 amide bonds. The maximum Gasteiger partial charge on any atom is 0.140 e. The maximum atomic E-state index is 12.3. The molecule has 2 aromatic heterocycles. The number of H-pyrrole nitrogens is 2. The molecule has 2 N–H and O–H groups in total. The van der Waals surface area contributed by atoms with Gasteiger partial charge in [-0.2, -0.15) is 0 Å². The van der Waals surface area contributed by atoms with Crippen molar-refractivity contribution in [1.29, 1.82) is 0 Å². The highest BCUT2D eigenvalue weighted by atomic mass is 16.5. The van der Waals surface area contributed by atoms with Crippen molar-refractivity contribution in [2.24, 2.45) is 0 Å². The van der Waals surface area contributed by atoms with Crippen molar-refractivity contribution in [2.75, 3.05) is 14.2 Å². The fourth-order valence-corrected chi connectivity index (χ4v) is 4.33. The van der Waals surface area contributed by atoms with Crippen LogP contribution in [-0.4, -0.2) is 35.8 Å². The lowest BCUT2D eigenvalue weighted by Crippen LogP contribution is -2.08. The van der Waals surface area contributed by atoms with E-state index in [1.54, 1.807) is 14.2 Å². The first-order chi connectivity index (χ1) is 16.1. The summed E-state index contributed by atoms with van der Waals surface area (Å²) in [6, 6.07) is 11.9. The molecule has 2 heterocycles. The van der Waals surface area contributed by atoms with Crippen LogP contribution in [0.3, 0.4) is 0 Å². The summed E-state index contributed by atoms with van der Waals surface area (Å²) in [6.07, 6.45) is 7.88. The Hall–Kier alpha value is -3.54. The van der Waals surface area contributed by atoms with E-state index in [-0.39, 0.29) is 18.0 Å². The quantitative estimate of drug-likeness (QED) is 0.280. The molecule has 2 aromatic carbocycles. The van der Waals surface area contributed by atoms with Crippen LogP contribution in [-0.2, 0) is 22.4 Å². The van der Waals surface area contributed by atoms with E-state index in [1.807, 2.05) is 48.8 Å². The van der Waals surface area contributed by atoms with E-state index in [1.165, 1.54) is 11.1 Å². The van der Waals surface area contributed by atoms with E-state index >= 15 is 0 Å². The minimum absolute atomic E-state index is 0.0225. The van der Waals surface area contributed by atoms with Gasteiger partial charge >= 0.3 is 0 Å². The Balaban J connectivity index is 1.21. The summed E-state index contributed by atoms with van der Waals surface area (Å²) >= 11 is 0. The average molecular weight is 447 g/mol. The van der Waals surface area contributed by atoms with E-state index in [0.29, 0.717) is 12.8 Å². The molecular weight excluding hydrogens is 416 g/mol. The Morgan fingerprint density at radius 3 is 1.61 bits per heavy atom. The zero-order valence-corrected chi connectivity index (χ0v) is 19.2. The normalized spacial score (nSPS) is 11.2. The monoisotopic (exact) mass is 446 g/mol. The summed E-state index contributed by atoms with van der Waals surface area (Å²) in [5.74, 6) is 1.68. The van der Waals surface area contributed by atoms with Crippen molar-refractivity contribution in [3.05, 3.63) is 59.9 Å². The third kappa shape index (κ3) is 5.45. The lowest BCUT2D eigenvalue weighted by Gasteiger charge is -2.04. The molecule has 0 aliphatic rings. The lowest BCUT2D eigenvalue weighted by atomic mass is 10.0. The zero-order valence-electron chi connectivity index (χ0n) is 19.2. The number of aryl methyl sites for hydroxylation is 2. The molecule has 6 heteroatoms. The maximum absolute atomic E-state index is 12.3. The van der Waals surface area contributed by atoms with E-state index < -0.39 is 0 Å². The van der Waals surface area contributed by atoms with Crippen molar-refractivity contribution >= 4 is 33.4 Å². The first-order valence-corrected chi connectivity index (χ1v) is 11.4. The number of methoxy groups -OCH3 is 2. The highest BCUT2D eigenvalue weighted by Gasteiger charge is 2.12. The molecule has 0 unspecified atom stereocenters. The van der Waals surface area contributed by atoms with Crippen LogP contribution in [0.5, 0.6) is 11.5 Å². The number of benzene rings is 2. The van der Waals surface area contributed by atoms with Gasteiger partial charge in [-0.3, -0.25) is 9.59 Å². The van der Waals surface area contributed by atoms with Crippen LogP contribution in [0.1, 0.15) is 43.2 Å². The van der Waals surface area contributed by atoms with Gasteiger partial charge in [-0.25, -0.2) is 0 Å². The second-order valence-corrected chi connectivity index (χ2v) is 8.41. The van der Waals surface area contributed by atoms with Crippen LogP contribution >= 0.6 is 0 Å². The molecule has 33 heavy (non-hydrogen) atoms. The Labute approximate surface area is 193 Å². The number of hydrogen-bond donors (Lipinski definition) is 2. The first-order valence-electron chi connectivity index (χ1n) is 11.4. The molecule has 0 fully saturated rings. The van der Waals surface area contributed by atoms with Gasteiger partial charge in [0.05, 0.1) is 20.6 Å². The summed E-state index contributed by atoms with van der Waals surface area (Å²) in [4.78, 5) is 31.1. The van der Waals surface area contributed by atoms with Gasteiger partial charge in [0, 0.05) is 47.0 Å². The van der Waals surface area contributed by atoms with Crippen molar-refractivity contribution in [3.63, 3.8) is 0 Å². The van der Waals surface area contributed by atoms with Crippen molar-refractivity contribution in [1.82, 2.24) is 9.97 Å². The van der Waals surface area contributed by atoms with Gasteiger partial charge < -0.3 is 19.4 Å². The third-order valence-corrected chi connectivity index (χ3v) is 6.15. The molecule has 4 aromatic rings. The summed E-state index contributed by atoms with van der Waals surface area (Å²) < 4.78 is 10.6. The summed E-state index contributed by atoms with van der Waals surface area (Å²) in [6.45, 7) is 0. The SMILES string of the molecule is COc1ccc2[nH]cc(CCCC(=O)CC(=O)CCCc3c[nH]c4ccc(OC)cc34)c2c1. The molecule has 6 nitrogen and oxygen atoms in total. The Morgan fingerprint density at radius 2 is 1.18 bits per heavy atom. The van der Waals surface area contributed by atoms with E-state index in [0.717, 1.165) is 59.0 Å². The standard InChI is InChI=1S/C27H30N2O4/c1-32-22-9-11-26-24(14-22)18(16-28-26)5-3-7-20(30)13-21(31)8-4-6-19-17-29-27-12-10-23(33-2)15-25(19)27/h9-12,14-17,28-29H,3-8,13H2,1-2H3. The molecule has 0 saturated carbocycles. The summed E-state index contributed by atoms with van der Waals surface area (Å²) in [7, 11) is 3.31. The predicted octanol–water partition coefficient (Wildman–Crippen LogP) is 5.54. The van der Waals surface area contributed by atoms with Crippen LogP contribution in [0.4, 0.5) is 0 Å². The Bertz CT molecular complexity index is 1170. The van der Waals surface area contributed by atoms with Gasteiger partial charge in [0.1, 0.15) is 23.1 Å². The molecular formula is C27H30N2O4. The van der Waals surface area contributed by atoms with E-state index in [9.17, 15) is 9.59 Å². The number of carbonyl (C=O) groups is 2. The second kappa shape index (κ2) is 10.4. The average Bonchev–Trinajstić information content (AvgIpc) is 3.42. The van der Waals surface area contributed by atoms with E-state index in [2.05, 4.69) is 9.97 Å². The Kier molecular flexibility index (Phi) is 7.13. The van der Waals surface area contributed by atoms with Gasteiger partial charge in [-0.1, -0.05) is 0 Å². The van der Waals surface area contributed by atoms with Crippen molar-refractivity contribution < 1.29 is 19.1 Å². The highest BCUT2D eigenvalue weighted by molar-refractivity contribution is 5.99. The summed E-state index contributed by atoms with van der Waals surface area (Å²) in [5, 5.41) is 2.24. The number of aromatic nitrogens is 2. The minimum atomic E-state index is 0.0225. The first kappa shape index (κ1) is 22.6. The van der Waals surface area contributed by atoms with Crippen LogP contribution in [0.2, 0.25) is 0 Å². The highest BCUT2D eigenvalue weighted by Crippen LogP contribution is 2.26. The van der Waals surface area contributed by atoms with Gasteiger partial charge in [0.25, 0.3) is 0 Å². The molecule has 172 valence electrons. The van der Waals surface area contributed by atoms with Gasteiger partial charge in [-0.15, -0.1) is 0 Å². The van der Waals surface area contributed by atoms with Gasteiger partial charge in [0.2, 0.25) is 0 Å². The van der Waals surface area contributed by atoms with Crippen LogP contribution < -0.4 is 9.47 Å². The number of nitrogens with one attached hydrogen (secondary N) is 2. The van der Waals surface area contributed by atoms with Crippen LogP contribution in [0.25, 0.3) is 21.8 Å². The number of fused-ring (bicyclic) bond motifs is 2. The predicted molar refractivity (Wildman–Crippen MR) is 130 cm³/mol. The Morgan fingerprint density at radius 1 is 0.727 bits per heavy atom. The van der Waals surface area contributed by atoms with Gasteiger partial charge in [-0.05, 0) is 73.2 Å². The number of rotatable bonds is 12. The molecule has 0 radical (unpaired) electrons. The number of Topliss-reactive ketones (excluding diaryl/α,β-unsaturated/α-hetero) is 2. The number of ether oxygens (including phenoxy) is 2. The molecule has 0 aliphatic carbocycles. The minimum Gasteiger partial charge on any atom is -0.497 e. The molecule has 0 saturated heterocycles. The van der Waals surface area contributed by atoms with E-state index in [4.69, 9.17) is 9.47 Å². The number of ketones is 2. The van der Waals surface area contributed by atoms with Crippen molar-refractivity contribution in [3.8, 4) is 11.5 Å². The molecule has 0 aliphatic heterocycles. The molecule has 0 atom stereocenters. The summed E-state index contributed by atoms with van der Waals surface area (Å²) in [5.41, 5.74) is 4.44. The number of aromatic amines is 2. The molecule has 4 rings (SSSR count). The lowest BCUT2D eigenvalue weighted by molar-refractivity contribution is -0.127. The van der Waals surface area contributed by atoms with Gasteiger partial charge in [0.15, 0.2) is 0 Å². The fourth-order valence-electron chi connectivity index (χ4n) is 4.33. The molecule has 0 spiro atoms. The largest absolute Gasteiger partial charge is 0.497 e. The zero-order chi connectivity index (χ0) is 23.2. The fraction of sp³-hybridized carbons (Fsp3) is 0.333.